The Morgan fingerprint density at radius 2 is 2.14 bits per heavy atom. The zero-order chi connectivity index (χ0) is 14.7. The highest BCUT2D eigenvalue weighted by molar-refractivity contribution is 5.41. The van der Waals surface area contributed by atoms with Crippen molar-refractivity contribution in [3.63, 3.8) is 0 Å². The van der Waals surface area contributed by atoms with Crippen LogP contribution >= 0.6 is 0 Å². The van der Waals surface area contributed by atoms with Crippen molar-refractivity contribution in [3.8, 4) is 6.07 Å². The lowest BCUT2D eigenvalue weighted by atomic mass is 9.79. The van der Waals surface area contributed by atoms with Crippen molar-refractivity contribution in [2.45, 2.75) is 24.9 Å². The van der Waals surface area contributed by atoms with Crippen LogP contribution in [0.1, 0.15) is 29.5 Å². The van der Waals surface area contributed by atoms with Crippen molar-refractivity contribution in [2.24, 2.45) is 0 Å². The van der Waals surface area contributed by atoms with E-state index in [9.17, 15) is 5.11 Å². The molecule has 0 bridgehead atoms. The number of aliphatic hydroxyl groups is 1. The summed E-state index contributed by atoms with van der Waals surface area (Å²) in [6, 6.07) is 13.6. The molecule has 1 aliphatic rings. The number of rotatable bonds is 3. The van der Waals surface area contributed by atoms with Crippen molar-refractivity contribution < 1.29 is 5.11 Å². The topological polar surface area (TPSA) is 68.9 Å². The predicted molar refractivity (Wildman–Crippen MR) is 80.7 cm³/mol. The summed E-state index contributed by atoms with van der Waals surface area (Å²) in [4.78, 5) is 4.18. The molecule has 1 heterocycles. The van der Waals surface area contributed by atoms with Crippen LogP contribution in [0.2, 0.25) is 0 Å². The number of aryl methyl sites for hydroxylation is 1. The number of aromatic nitrogens is 1. The maximum atomic E-state index is 10.9. The zero-order valence-corrected chi connectivity index (χ0v) is 11.7. The first-order valence-corrected chi connectivity index (χ1v) is 7.12. The van der Waals surface area contributed by atoms with Gasteiger partial charge in [0.25, 0.3) is 0 Å². The van der Waals surface area contributed by atoms with Gasteiger partial charge in [-0.25, -0.2) is 4.98 Å². The van der Waals surface area contributed by atoms with E-state index < -0.39 is 5.60 Å². The van der Waals surface area contributed by atoms with Crippen molar-refractivity contribution in [1.29, 1.82) is 5.26 Å². The molecule has 0 aliphatic heterocycles. The van der Waals surface area contributed by atoms with Gasteiger partial charge < -0.3 is 10.4 Å². The average Bonchev–Trinajstić information content (AvgIpc) is 2.54. The SMILES string of the molecule is N#Cc1ccc(NCC2(O)CCCc3ccccc32)nc1. The van der Waals surface area contributed by atoms with Crippen LogP contribution < -0.4 is 5.32 Å². The van der Waals surface area contributed by atoms with E-state index in [4.69, 9.17) is 5.26 Å². The monoisotopic (exact) mass is 279 g/mol. The summed E-state index contributed by atoms with van der Waals surface area (Å²) in [5.41, 5.74) is 1.91. The minimum atomic E-state index is -0.857. The molecule has 1 aromatic carbocycles. The molecule has 0 radical (unpaired) electrons. The standard InChI is InChI=1S/C17H17N3O/c18-10-13-7-8-16(19-11-13)20-12-17(21)9-3-5-14-4-1-2-6-15(14)17/h1-2,4,6-8,11,21H,3,5,9,12H2,(H,19,20). The molecule has 1 aromatic heterocycles. The molecule has 0 saturated heterocycles. The summed E-state index contributed by atoms with van der Waals surface area (Å²) in [5.74, 6) is 0.672. The lowest BCUT2D eigenvalue weighted by Gasteiger charge is -2.34. The van der Waals surface area contributed by atoms with Gasteiger partial charge in [-0.3, -0.25) is 0 Å². The fraction of sp³-hybridized carbons (Fsp3) is 0.294. The molecule has 4 heteroatoms. The first-order valence-electron chi connectivity index (χ1n) is 7.12. The first kappa shape index (κ1) is 13.6. The highest BCUT2D eigenvalue weighted by atomic mass is 16.3. The summed E-state index contributed by atoms with van der Waals surface area (Å²) in [5, 5.41) is 22.9. The van der Waals surface area contributed by atoms with Crippen LogP contribution in [0.5, 0.6) is 0 Å². The molecule has 4 nitrogen and oxygen atoms in total. The van der Waals surface area contributed by atoms with Crippen LogP contribution in [0.4, 0.5) is 5.82 Å². The van der Waals surface area contributed by atoms with Gasteiger partial charge in [0.05, 0.1) is 5.56 Å². The largest absolute Gasteiger partial charge is 0.383 e. The Kier molecular flexibility index (Phi) is 3.59. The van der Waals surface area contributed by atoms with Crippen LogP contribution in [0.3, 0.4) is 0 Å². The van der Waals surface area contributed by atoms with Crippen molar-refractivity contribution in [2.75, 3.05) is 11.9 Å². The van der Waals surface area contributed by atoms with Crippen molar-refractivity contribution >= 4 is 5.82 Å². The van der Waals surface area contributed by atoms with E-state index in [0.717, 1.165) is 24.8 Å². The third-order valence-electron chi connectivity index (χ3n) is 4.01. The highest BCUT2D eigenvalue weighted by Gasteiger charge is 2.33. The number of hydrogen-bond donors (Lipinski definition) is 2. The number of anilines is 1. The van der Waals surface area contributed by atoms with E-state index in [-0.39, 0.29) is 0 Å². The molecule has 1 unspecified atom stereocenters. The molecule has 1 atom stereocenters. The van der Waals surface area contributed by atoms with E-state index in [1.54, 1.807) is 12.1 Å². The summed E-state index contributed by atoms with van der Waals surface area (Å²) in [6.45, 7) is 0.420. The van der Waals surface area contributed by atoms with E-state index in [2.05, 4.69) is 16.4 Å². The first-order chi connectivity index (χ1) is 10.2. The Morgan fingerprint density at radius 1 is 1.29 bits per heavy atom. The summed E-state index contributed by atoms with van der Waals surface area (Å²) in [7, 11) is 0. The molecule has 1 aliphatic carbocycles. The van der Waals surface area contributed by atoms with Gasteiger partial charge >= 0.3 is 0 Å². The Hall–Kier alpha value is -2.38. The number of fused-ring (bicyclic) bond motifs is 1. The van der Waals surface area contributed by atoms with Crippen molar-refractivity contribution in [1.82, 2.24) is 4.98 Å². The van der Waals surface area contributed by atoms with E-state index in [1.165, 1.54) is 11.8 Å². The quantitative estimate of drug-likeness (QED) is 0.906. The van der Waals surface area contributed by atoms with Gasteiger partial charge in [0.2, 0.25) is 0 Å². The minimum Gasteiger partial charge on any atom is -0.383 e. The van der Waals surface area contributed by atoms with Crippen LogP contribution in [0.15, 0.2) is 42.6 Å². The normalized spacial score (nSPS) is 20.4. The summed E-state index contributed by atoms with van der Waals surface area (Å²) >= 11 is 0. The van der Waals surface area contributed by atoms with Crippen LogP contribution in [-0.4, -0.2) is 16.6 Å². The van der Waals surface area contributed by atoms with Gasteiger partial charge in [0.1, 0.15) is 17.5 Å². The molecule has 3 rings (SSSR count). The van der Waals surface area contributed by atoms with Crippen LogP contribution in [-0.2, 0) is 12.0 Å². The maximum absolute atomic E-state index is 10.9. The number of nitrogens with zero attached hydrogens (tertiary/aromatic N) is 2. The summed E-state index contributed by atoms with van der Waals surface area (Å²) < 4.78 is 0. The molecule has 0 fully saturated rings. The lowest BCUT2D eigenvalue weighted by molar-refractivity contribution is 0.0322. The zero-order valence-electron chi connectivity index (χ0n) is 11.7. The van der Waals surface area contributed by atoms with Gasteiger partial charge in [0.15, 0.2) is 0 Å². The maximum Gasteiger partial charge on any atom is 0.126 e. The number of benzene rings is 1. The molecule has 2 aromatic rings. The van der Waals surface area contributed by atoms with E-state index >= 15 is 0 Å². The van der Waals surface area contributed by atoms with Gasteiger partial charge in [-0.1, -0.05) is 24.3 Å². The Labute approximate surface area is 124 Å². The Bertz CT molecular complexity index is 675. The van der Waals surface area contributed by atoms with Gasteiger partial charge in [0, 0.05) is 12.7 Å². The van der Waals surface area contributed by atoms with Gasteiger partial charge in [-0.05, 0) is 42.5 Å². The number of pyridine rings is 1. The Morgan fingerprint density at radius 3 is 2.90 bits per heavy atom. The predicted octanol–water partition coefficient (Wildman–Crippen LogP) is 2.59. The second-order valence-corrected chi connectivity index (χ2v) is 5.44. The molecule has 2 N–H and O–H groups in total. The lowest BCUT2D eigenvalue weighted by Crippen LogP contribution is -2.37. The number of hydrogen-bond acceptors (Lipinski definition) is 4. The molecular weight excluding hydrogens is 262 g/mol. The molecule has 0 amide bonds. The molecule has 0 spiro atoms. The van der Waals surface area contributed by atoms with E-state index in [1.807, 2.05) is 24.3 Å². The third-order valence-corrected chi connectivity index (χ3v) is 4.01. The van der Waals surface area contributed by atoms with Gasteiger partial charge in [-0.2, -0.15) is 5.26 Å². The molecule has 21 heavy (non-hydrogen) atoms. The van der Waals surface area contributed by atoms with Crippen LogP contribution in [0.25, 0.3) is 0 Å². The average molecular weight is 279 g/mol. The second kappa shape index (κ2) is 5.55. The van der Waals surface area contributed by atoms with Crippen LogP contribution in [0, 0.1) is 11.3 Å². The third kappa shape index (κ3) is 2.74. The second-order valence-electron chi connectivity index (χ2n) is 5.44. The highest BCUT2D eigenvalue weighted by Crippen LogP contribution is 2.35. The fourth-order valence-electron chi connectivity index (χ4n) is 2.88. The smallest absolute Gasteiger partial charge is 0.126 e. The molecule has 106 valence electrons. The fourth-order valence-corrected chi connectivity index (χ4v) is 2.88. The Balaban J connectivity index is 1.77. The summed E-state index contributed by atoms with van der Waals surface area (Å²) in [6.07, 6.45) is 4.28. The molecule has 0 saturated carbocycles. The number of nitrogens with one attached hydrogen (secondary N) is 1. The number of nitriles is 1. The van der Waals surface area contributed by atoms with Gasteiger partial charge in [-0.15, -0.1) is 0 Å². The minimum absolute atomic E-state index is 0.420. The van der Waals surface area contributed by atoms with E-state index in [0.29, 0.717) is 17.9 Å². The van der Waals surface area contributed by atoms with Crippen molar-refractivity contribution in [3.05, 3.63) is 59.3 Å². The molecular formula is C17H17N3O.